The summed E-state index contributed by atoms with van der Waals surface area (Å²) >= 11 is 0. The van der Waals surface area contributed by atoms with Gasteiger partial charge in [-0.15, -0.1) is 0 Å². The molecule has 12 heavy (non-hydrogen) atoms. The van der Waals surface area contributed by atoms with Crippen LogP contribution in [0.25, 0.3) is 0 Å². The first-order valence-corrected chi connectivity index (χ1v) is 10.8. The van der Waals surface area contributed by atoms with Crippen molar-refractivity contribution in [2.24, 2.45) is 0 Å². The van der Waals surface area contributed by atoms with Gasteiger partial charge in [0.1, 0.15) is 0 Å². The largest absolute Gasteiger partial charge is 0.0776 e. The fourth-order valence-electron chi connectivity index (χ4n) is 0. The van der Waals surface area contributed by atoms with E-state index in [4.69, 9.17) is 0 Å². The zero-order valence-electron chi connectivity index (χ0n) is 8.57. The van der Waals surface area contributed by atoms with Gasteiger partial charge in [0.2, 0.25) is 0 Å². The maximum absolute atomic E-state index is 2.36. The molecule has 0 heterocycles. The van der Waals surface area contributed by atoms with Gasteiger partial charge in [0.25, 0.3) is 0 Å². The van der Waals surface area contributed by atoms with Crippen molar-refractivity contribution in [1.82, 2.24) is 0 Å². The van der Waals surface area contributed by atoms with E-state index in [1.165, 1.54) is 12.1 Å². The summed E-state index contributed by atoms with van der Waals surface area (Å²) in [6.07, 6.45) is 0. The fourth-order valence-corrected chi connectivity index (χ4v) is 0. The Labute approximate surface area is 85.0 Å². The lowest BCUT2D eigenvalue weighted by atomic mass is 11.0. The van der Waals surface area contributed by atoms with Crippen LogP contribution in [0.1, 0.15) is 28.7 Å². The van der Waals surface area contributed by atoms with Gasteiger partial charge in [-0.25, -0.2) is 0 Å². The van der Waals surface area contributed by atoms with E-state index in [-0.39, 0.29) is 32.4 Å². The van der Waals surface area contributed by atoms with Gasteiger partial charge in [-0.1, -0.05) is 67.0 Å². The van der Waals surface area contributed by atoms with Crippen LogP contribution >= 0.6 is 0 Å². The van der Waals surface area contributed by atoms with Crippen LogP contribution in [0.4, 0.5) is 0 Å². The van der Waals surface area contributed by atoms with Crippen molar-refractivity contribution in [2.45, 2.75) is 67.0 Å². The van der Waals surface area contributed by atoms with Gasteiger partial charge in [0.15, 0.2) is 0 Å². The van der Waals surface area contributed by atoms with Crippen LogP contribution in [0.5, 0.6) is 0 Å². The number of rotatable bonds is 2. The Morgan fingerprint density at radius 2 is 0.750 bits per heavy atom. The number of hydrogen-bond acceptors (Lipinski definition) is 0. The molecular formula is C10H32Si2. The zero-order valence-corrected chi connectivity index (χ0v) is 10.9. The molecule has 0 unspecified atom stereocenters. The molecule has 0 saturated carbocycles. The van der Waals surface area contributed by atoms with Crippen molar-refractivity contribution in [1.29, 1.82) is 0 Å². The van der Waals surface area contributed by atoms with E-state index >= 15 is 0 Å². The summed E-state index contributed by atoms with van der Waals surface area (Å²) in [5, 5.41) is 0. The molecule has 0 bridgehead atoms. The first kappa shape index (κ1) is 22.9. The summed E-state index contributed by atoms with van der Waals surface area (Å²) in [5.41, 5.74) is 0. The summed E-state index contributed by atoms with van der Waals surface area (Å²) in [4.78, 5) is 0. The quantitative estimate of drug-likeness (QED) is 0.595. The van der Waals surface area contributed by atoms with Crippen LogP contribution in [0.3, 0.4) is 0 Å². The van der Waals surface area contributed by atoms with Gasteiger partial charge in [-0.3, -0.25) is 0 Å². The molecule has 0 fully saturated rings. The van der Waals surface area contributed by atoms with Crippen molar-refractivity contribution in [3.63, 3.8) is 0 Å². The normalized spacial score (nSPS) is 8.00. The minimum atomic E-state index is -0.150. The lowest BCUT2D eigenvalue weighted by Crippen LogP contribution is -1.92. The Balaban J connectivity index is -0.0000000457. The highest BCUT2D eigenvalue weighted by Crippen LogP contribution is 1.84. The third-order valence-electron chi connectivity index (χ3n) is 1.63. The van der Waals surface area contributed by atoms with E-state index in [1.54, 1.807) is 0 Å². The van der Waals surface area contributed by atoms with Crippen LogP contribution in [0, 0.1) is 0 Å². The lowest BCUT2D eigenvalue weighted by Gasteiger charge is -1.87. The van der Waals surface area contributed by atoms with Gasteiger partial charge in [0, 0.05) is 17.6 Å². The molecule has 0 amide bonds. The van der Waals surface area contributed by atoms with E-state index in [9.17, 15) is 0 Å². The molecule has 0 rings (SSSR count). The molecule has 0 nitrogen and oxygen atoms in total. The summed E-state index contributed by atoms with van der Waals surface area (Å²) in [7, 11) is -0.299. The van der Waals surface area contributed by atoms with Crippen LogP contribution < -0.4 is 0 Å². The molecule has 0 aliphatic rings. The van der Waals surface area contributed by atoms with Gasteiger partial charge in [-0.05, 0) is 0 Å². The maximum atomic E-state index is 2.36. The summed E-state index contributed by atoms with van der Waals surface area (Å²) in [5.74, 6) is 0. The monoisotopic (exact) mass is 208 g/mol. The molecular weight excluding hydrogens is 176 g/mol. The Morgan fingerprint density at radius 3 is 0.750 bits per heavy atom. The van der Waals surface area contributed by atoms with Crippen molar-refractivity contribution in [2.75, 3.05) is 0 Å². The van der Waals surface area contributed by atoms with E-state index in [0.29, 0.717) is 0 Å². The molecule has 0 aliphatic heterocycles. The van der Waals surface area contributed by atoms with E-state index < -0.39 is 0 Å². The molecule has 0 spiro atoms. The topological polar surface area (TPSA) is 0 Å². The fraction of sp³-hybridized carbons (Fsp3) is 1.00. The molecule has 0 saturated heterocycles. The standard InChI is InChI=1S/2C4H12Si.2CH4/c2*1-4-5(2)3;;/h2*5H,4H2,1-3H3;2*1H4. The third kappa shape index (κ3) is 47.2. The highest BCUT2D eigenvalue weighted by Gasteiger charge is 1.83. The second kappa shape index (κ2) is 17.5. The van der Waals surface area contributed by atoms with Crippen LogP contribution in [-0.2, 0) is 0 Å². The average molecular weight is 209 g/mol. The molecule has 80 valence electrons. The van der Waals surface area contributed by atoms with Gasteiger partial charge >= 0.3 is 0 Å². The zero-order chi connectivity index (χ0) is 8.57. The smallest absolute Gasteiger partial charge is 0.0302 e. The first-order valence-electron chi connectivity index (χ1n) is 4.54. The summed E-state index contributed by atoms with van der Waals surface area (Å²) in [6, 6.07) is 2.89. The predicted octanol–water partition coefficient (Wildman–Crippen LogP) is 4.26. The number of hydrogen-bond donors (Lipinski definition) is 0. The molecule has 0 aromatic heterocycles. The maximum Gasteiger partial charge on any atom is 0.0302 e. The Hall–Kier alpha value is 0.434. The molecule has 2 heteroatoms. The molecule has 0 aliphatic carbocycles. The van der Waals surface area contributed by atoms with Crippen LogP contribution in [0.2, 0.25) is 38.3 Å². The van der Waals surface area contributed by atoms with Crippen molar-refractivity contribution < 1.29 is 0 Å². The minimum Gasteiger partial charge on any atom is -0.0776 e. The highest BCUT2D eigenvalue weighted by atomic mass is 28.3. The SMILES string of the molecule is C.C.CC[SiH](C)C.CC[SiH](C)C. The van der Waals surface area contributed by atoms with Gasteiger partial charge in [-0.2, -0.15) is 0 Å². The Morgan fingerprint density at radius 1 is 0.667 bits per heavy atom. The first-order chi connectivity index (χ1) is 4.54. The van der Waals surface area contributed by atoms with Crippen molar-refractivity contribution in [3.8, 4) is 0 Å². The molecule has 0 aromatic carbocycles. The molecule has 0 radical (unpaired) electrons. The van der Waals surface area contributed by atoms with E-state index in [0.717, 1.165) is 0 Å². The van der Waals surface area contributed by atoms with E-state index in [1.807, 2.05) is 0 Å². The third-order valence-corrected chi connectivity index (χ3v) is 4.90. The Bertz CT molecular complexity index is 43.8. The predicted molar refractivity (Wildman–Crippen MR) is 72.2 cm³/mol. The Kier molecular flexibility index (Phi) is 33.3. The van der Waals surface area contributed by atoms with Gasteiger partial charge in [0.05, 0.1) is 0 Å². The molecule has 0 N–H and O–H groups in total. The van der Waals surface area contributed by atoms with Crippen LogP contribution in [-0.4, -0.2) is 17.6 Å². The van der Waals surface area contributed by atoms with E-state index in [2.05, 4.69) is 40.0 Å². The van der Waals surface area contributed by atoms with Crippen LogP contribution in [0.15, 0.2) is 0 Å². The lowest BCUT2D eigenvalue weighted by molar-refractivity contribution is 1.41. The van der Waals surface area contributed by atoms with Crippen molar-refractivity contribution >= 4 is 17.6 Å². The average Bonchev–Trinajstić information content (AvgIpc) is 1.89. The molecule has 0 aromatic rings. The summed E-state index contributed by atoms with van der Waals surface area (Å²) < 4.78 is 0. The summed E-state index contributed by atoms with van der Waals surface area (Å²) in [6.45, 7) is 14.0. The molecule has 0 atom stereocenters. The second-order valence-electron chi connectivity index (χ2n) is 3.60. The van der Waals surface area contributed by atoms with Gasteiger partial charge < -0.3 is 0 Å². The van der Waals surface area contributed by atoms with Crippen molar-refractivity contribution in [3.05, 3.63) is 0 Å². The second-order valence-corrected chi connectivity index (χ2v) is 10.8. The highest BCUT2D eigenvalue weighted by molar-refractivity contribution is 6.55. The minimum absolute atomic E-state index is 0.